The number of anilines is 2. The van der Waals surface area contributed by atoms with Gasteiger partial charge in [0, 0.05) is 25.3 Å². The molecule has 0 atom stereocenters. The Hall–Kier alpha value is -2.69. The van der Waals surface area contributed by atoms with Crippen molar-refractivity contribution < 1.29 is 26.9 Å². The number of ether oxygens (including phenoxy) is 1. The van der Waals surface area contributed by atoms with Crippen molar-refractivity contribution in [3.05, 3.63) is 29.8 Å². The van der Waals surface area contributed by atoms with Crippen molar-refractivity contribution in [2.45, 2.75) is 43.9 Å². The fraction of sp³-hybridized carbons (Fsp3) is 0.550. The molecular weight excluding hydrogens is 427 g/mol. The Balaban J connectivity index is 1.40. The fourth-order valence-electron chi connectivity index (χ4n) is 3.29. The van der Waals surface area contributed by atoms with Crippen LogP contribution in [0.25, 0.3) is 0 Å². The Morgan fingerprint density at radius 2 is 2.06 bits per heavy atom. The number of benzene rings is 1. The van der Waals surface area contributed by atoms with Gasteiger partial charge in [0.15, 0.2) is 15.7 Å². The number of nitrogens with zero attached hydrogens (tertiary/aromatic N) is 3. The second kappa shape index (κ2) is 9.63. The molecule has 1 aliphatic heterocycles. The minimum atomic E-state index is -3.52. The van der Waals surface area contributed by atoms with Crippen LogP contribution in [0, 0.1) is 11.7 Å². The number of carbonyl (C=O) groups excluding carboxylic acids is 1. The van der Waals surface area contributed by atoms with E-state index >= 15 is 0 Å². The number of halogens is 1. The fourth-order valence-corrected chi connectivity index (χ4v) is 3.93. The van der Waals surface area contributed by atoms with Crippen LogP contribution in [0.3, 0.4) is 0 Å². The number of aromatic nitrogens is 2. The van der Waals surface area contributed by atoms with E-state index in [1.54, 1.807) is 0 Å². The minimum Gasteiger partial charge on any atom is -0.449 e. The lowest BCUT2D eigenvalue weighted by atomic mass is 9.94. The van der Waals surface area contributed by atoms with E-state index in [2.05, 4.69) is 20.4 Å². The van der Waals surface area contributed by atoms with E-state index in [1.165, 1.54) is 12.1 Å². The Morgan fingerprint density at radius 3 is 2.65 bits per heavy atom. The Labute approximate surface area is 180 Å². The molecule has 31 heavy (non-hydrogen) atoms. The Kier molecular flexibility index (Phi) is 7.14. The van der Waals surface area contributed by atoms with Crippen LogP contribution in [-0.4, -0.2) is 50.6 Å². The minimum absolute atomic E-state index is 0.133. The first-order chi connectivity index (χ1) is 14.6. The number of carbonyl (C=O) groups is 1. The van der Waals surface area contributed by atoms with Gasteiger partial charge < -0.3 is 14.2 Å². The molecule has 170 valence electrons. The predicted octanol–water partition coefficient (Wildman–Crippen LogP) is 3.59. The zero-order valence-corrected chi connectivity index (χ0v) is 18.6. The Bertz CT molecular complexity index is 1020. The maximum absolute atomic E-state index is 14.0. The van der Waals surface area contributed by atoms with Crippen LogP contribution in [0.4, 0.5) is 20.9 Å². The summed E-state index contributed by atoms with van der Waals surface area (Å²) in [7, 11) is -3.52. The summed E-state index contributed by atoms with van der Waals surface area (Å²) in [6.45, 7) is 5.80. The molecule has 0 bridgehead atoms. The van der Waals surface area contributed by atoms with Gasteiger partial charge in [0.05, 0.1) is 17.2 Å². The lowest BCUT2D eigenvalue weighted by molar-refractivity contribution is 0.150. The number of rotatable bonds is 7. The number of sulfone groups is 1. The standard InChI is InChI=1S/C20H27FN4O5S/c1-13(2)18-23-19(30-24-18)25-9-6-14(7-10-25)8-11-29-20(26)22-17-5-4-15(12-16(17)21)31(3,27)28/h4-5,12-14H,6-11H2,1-3H3,(H,22,26). The van der Waals surface area contributed by atoms with Crippen LogP contribution < -0.4 is 10.2 Å². The third-order valence-corrected chi connectivity index (χ3v) is 6.31. The van der Waals surface area contributed by atoms with Crippen LogP contribution in [-0.2, 0) is 14.6 Å². The molecule has 0 radical (unpaired) electrons. The molecule has 2 heterocycles. The van der Waals surface area contributed by atoms with E-state index in [0.717, 1.165) is 38.3 Å². The first-order valence-electron chi connectivity index (χ1n) is 10.2. The summed E-state index contributed by atoms with van der Waals surface area (Å²) in [5.74, 6) is 0.458. The van der Waals surface area contributed by atoms with Crippen molar-refractivity contribution in [1.82, 2.24) is 10.1 Å². The first kappa shape index (κ1) is 23.0. The highest BCUT2D eigenvalue weighted by Crippen LogP contribution is 2.25. The van der Waals surface area contributed by atoms with Gasteiger partial charge in [-0.15, -0.1) is 0 Å². The molecule has 9 nitrogen and oxygen atoms in total. The van der Waals surface area contributed by atoms with Gasteiger partial charge in [-0.2, -0.15) is 4.98 Å². The van der Waals surface area contributed by atoms with Crippen LogP contribution in [0.1, 0.15) is 44.9 Å². The number of nitrogens with one attached hydrogen (secondary N) is 1. The molecule has 1 amide bonds. The van der Waals surface area contributed by atoms with Gasteiger partial charge in [-0.05, 0) is 43.4 Å². The number of hydrogen-bond donors (Lipinski definition) is 1. The van der Waals surface area contributed by atoms with E-state index in [4.69, 9.17) is 9.26 Å². The number of hydrogen-bond acceptors (Lipinski definition) is 8. The van der Waals surface area contributed by atoms with E-state index in [0.29, 0.717) is 24.2 Å². The van der Waals surface area contributed by atoms with E-state index in [9.17, 15) is 17.6 Å². The maximum atomic E-state index is 14.0. The van der Waals surface area contributed by atoms with Gasteiger partial charge >= 0.3 is 12.1 Å². The second-order valence-electron chi connectivity index (χ2n) is 7.98. The smallest absolute Gasteiger partial charge is 0.411 e. The second-order valence-corrected chi connectivity index (χ2v) is 10.00. The molecule has 0 saturated carbocycles. The summed E-state index contributed by atoms with van der Waals surface area (Å²) in [5, 5.41) is 6.29. The first-order valence-corrected chi connectivity index (χ1v) is 12.0. The molecule has 1 aromatic heterocycles. The number of piperidine rings is 1. The third-order valence-electron chi connectivity index (χ3n) is 5.20. The molecular formula is C20H27FN4O5S. The monoisotopic (exact) mass is 454 g/mol. The molecule has 1 N–H and O–H groups in total. The van der Waals surface area contributed by atoms with Gasteiger partial charge in [0.25, 0.3) is 0 Å². The molecule has 1 aromatic carbocycles. The zero-order chi connectivity index (χ0) is 22.6. The van der Waals surface area contributed by atoms with Gasteiger partial charge in [0.1, 0.15) is 5.82 Å². The molecule has 2 aromatic rings. The average Bonchev–Trinajstić information content (AvgIpc) is 3.20. The summed E-state index contributed by atoms with van der Waals surface area (Å²) in [5.41, 5.74) is -0.133. The number of amides is 1. The Morgan fingerprint density at radius 1 is 1.35 bits per heavy atom. The largest absolute Gasteiger partial charge is 0.449 e. The molecule has 0 unspecified atom stereocenters. The molecule has 1 saturated heterocycles. The molecule has 1 aliphatic rings. The highest BCUT2D eigenvalue weighted by molar-refractivity contribution is 7.90. The van der Waals surface area contributed by atoms with Crippen molar-refractivity contribution in [1.29, 1.82) is 0 Å². The highest BCUT2D eigenvalue weighted by Gasteiger charge is 2.24. The van der Waals surface area contributed by atoms with Crippen molar-refractivity contribution in [3.63, 3.8) is 0 Å². The topological polar surface area (TPSA) is 115 Å². The summed E-state index contributed by atoms with van der Waals surface area (Å²) in [6.07, 6.45) is 2.71. The van der Waals surface area contributed by atoms with Crippen molar-refractivity contribution in [3.8, 4) is 0 Å². The quantitative estimate of drug-likeness (QED) is 0.675. The van der Waals surface area contributed by atoms with Crippen molar-refractivity contribution in [2.75, 3.05) is 36.2 Å². The zero-order valence-electron chi connectivity index (χ0n) is 17.8. The SMILES string of the molecule is CC(C)c1noc(N2CCC(CCOC(=O)Nc3ccc(S(C)(=O)=O)cc3F)CC2)n1. The molecule has 3 rings (SSSR count). The van der Waals surface area contributed by atoms with Gasteiger partial charge in [-0.3, -0.25) is 5.32 Å². The van der Waals surface area contributed by atoms with E-state index in [-0.39, 0.29) is 23.1 Å². The van der Waals surface area contributed by atoms with Crippen LogP contribution in [0.5, 0.6) is 0 Å². The van der Waals surface area contributed by atoms with E-state index in [1.807, 2.05) is 13.8 Å². The summed E-state index contributed by atoms with van der Waals surface area (Å²) in [6, 6.07) is 3.84. The maximum Gasteiger partial charge on any atom is 0.411 e. The average molecular weight is 455 g/mol. The molecule has 0 aliphatic carbocycles. The van der Waals surface area contributed by atoms with Crippen LogP contribution in [0.15, 0.2) is 27.6 Å². The van der Waals surface area contributed by atoms with Crippen molar-refractivity contribution in [2.24, 2.45) is 5.92 Å². The summed E-state index contributed by atoms with van der Waals surface area (Å²) in [4.78, 5) is 18.2. The lowest BCUT2D eigenvalue weighted by Gasteiger charge is -2.30. The molecule has 1 fully saturated rings. The summed E-state index contributed by atoms with van der Waals surface area (Å²) < 4.78 is 47.4. The van der Waals surface area contributed by atoms with Gasteiger partial charge in [-0.25, -0.2) is 17.6 Å². The molecule has 0 spiro atoms. The molecule has 11 heteroatoms. The van der Waals surface area contributed by atoms with Crippen LogP contribution >= 0.6 is 0 Å². The normalized spacial score (nSPS) is 15.3. The lowest BCUT2D eigenvalue weighted by Crippen LogP contribution is -2.34. The highest BCUT2D eigenvalue weighted by atomic mass is 32.2. The van der Waals surface area contributed by atoms with Crippen molar-refractivity contribution >= 4 is 27.6 Å². The third kappa shape index (κ3) is 6.16. The summed E-state index contributed by atoms with van der Waals surface area (Å²) >= 11 is 0. The van der Waals surface area contributed by atoms with Gasteiger partial charge in [-0.1, -0.05) is 19.0 Å². The van der Waals surface area contributed by atoms with Gasteiger partial charge in [0.2, 0.25) is 0 Å². The predicted molar refractivity (Wildman–Crippen MR) is 112 cm³/mol. The van der Waals surface area contributed by atoms with Crippen LogP contribution in [0.2, 0.25) is 0 Å². The van der Waals surface area contributed by atoms with E-state index < -0.39 is 21.7 Å².